The number of Topliss-reactive ketones (excluding diaryl/α,β-unsaturated/α-hetero) is 1. The Labute approximate surface area is 387 Å². The van der Waals surface area contributed by atoms with Gasteiger partial charge in [-0.05, 0) is 61.3 Å². The molecule has 1 aliphatic rings. The number of carboxylic acids is 3. The van der Waals surface area contributed by atoms with Gasteiger partial charge in [0.2, 0.25) is 17.7 Å². The van der Waals surface area contributed by atoms with E-state index in [4.69, 9.17) is 64.4 Å². The standard InChI is InChI=1S/C34H48Cl2N6O4.3C2HF3O2/c1-4-5-11-27(41-34(46)29(14-20(2)3)42-33(45)26(37)16-21-9-7-6-8-10-21)31(43)28-17-23(18-30(38)40-28)32(44)39-19-22-12-13-24(35)25(36)15-22;3*3-2(4,5)1(6)7/h6-10,12-13,15,20,23,26-30,40H,4-5,11,14,16-19,37-38H2,1-3H3,(H,39,44)(H,41,46)(H,42,45);3*(H,6,7)/t23?,26-,27-,28-,29-,30?;;;/m1.../s1. The molecule has 1 saturated heterocycles. The Kier molecular flexibility index (Phi) is 26.6. The Morgan fingerprint density at radius 1 is 0.746 bits per heavy atom. The summed E-state index contributed by atoms with van der Waals surface area (Å²) in [6.45, 7) is 6.16. The van der Waals surface area contributed by atoms with E-state index in [9.17, 15) is 58.7 Å². The van der Waals surface area contributed by atoms with Crippen molar-refractivity contribution in [3.05, 3.63) is 69.7 Å². The summed E-state index contributed by atoms with van der Waals surface area (Å²) in [4.78, 5) is 80.4. The van der Waals surface area contributed by atoms with Crippen molar-refractivity contribution in [1.29, 1.82) is 0 Å². The van der Waals surface area contributed by atoms with Gasteiger partial charge in [-0.15, -0.1) is 0 Å². The van der Waals surface area contributed by atoms with E-state index in [-0.39, 0.29) is 30.6 Å². The van der Waals surface area contributed by atoms with Gasteiger partial charge < -0.3 is 42.7 Å². The summed E-state index contributed by atoms with van der Waals surface area (Å²) in [5, 5.41) is 34.0. The molecule has 3 amide bonds. The first-order chi connectivity index (χ1) is 30.7. The third-order valence-electron chi connectivity index (χ3n) is 8.85. The van der Waals surface area contributed by atoms with Crippen LogP contribution in [0.25, 0.3) is 0 Å². The molecule has 6 atom stereocenters. The van der Waals surface area contributed by atoms with Gasteiger partial charge in [-0.3, -0.25) is 24.5 Å². The topological polar surface area (TPSA) is 280 Å². The summed E-state index contributed by atoms with van der Waals surface area (Å²) in [5.74, 6) is -10.0. The van der Waals surface area contributed by atoms with Crippen molar-refractivity contribution >= 4 is 64.6 Å². The fourth-order valence-corrected chi connectivity index (χ4v) is 5.95. The SMILES string of the molecule is CCCC[C@@H](NC(=O)[C@@H](CC(C)C)NC(=O)[C@H](N)Cc1ccccc1)C(=O)[C@H]1CC(C(=O)NCc2ccc(Cl)c(Cl)c2)CC(N)N1.O=C(O)C(F)(F)F.O=C(O)C(F)(F)F.O=C(O)C(F)(F)F. The van der Waals surface area contributed by atoms with E-state index in [1.807, 2.05) is 51.1 Å². The van der Waals surface area contributed by atoms with Crippen LogP contribution in [0.1, 0.15) is 70.4 Å². The van der Waals surface area contributed by atoms with Crippen molar-refractivity contribution in [2.24, 2.45) is 23.3 Å². The fourth-order valence-electron chi connectivity index (χ4n) is 5.63. The van der Waals surface area contributed by atoms with Crippen LogP contribution >= 0.6 is 23.2 Å². The maximum atomic E-state index is 13.9. The quantitative estimate of drug-likeness (QED) is 0.0940. The van der Waals surface area contributed by atoms with E-state index in [0.29, 0.717) is 42.1 Å². The number of aliphatic carboxylic acids is 3. The number of alkyl halides is 9. The first-order valence-corrected chi connectivity index (χ1v) is 20.5. The molecule has 1 heterocycles. The fraction of sp³-hybridized carbons (Fsp3) is 0.525. The largest absolute Gasteiger partial charge is 0.490 e. The molecule has 1 fully saturated rings. The Bertz CT molecular complexity index is 1890. The van der Waals surface area contributed by atoms with E-state index in [1.54, 1.807) is 18.2 Å². The number of nitrogens with two attached hydrogens (primary N) is 2. The molecular formula is C40H51Cl2F9N6O10. The maximum Gasteiger partial charge on any atom is 0.490 e. The Hall–Kier alpha value is -5.24. The summed E-state index contributed by atoms with van der Waals surface area (Å²) < 4.78 is 95.2. The highest BCUT2D eigenvalue weighted by Crippen LogP contribution is 2.24. The smallest absolute Gasteiger partial charge is 0.475 e. The van der Waals surface area contributed by atoms with Gasteiger partial charge in [0.1, 0.15) is 6.04 Å². The predicted octanol–water partition coefficient (Wildman–Crippen LogP) is 5.51. The lowest BCUT2D eigenvalue weighted by Gasteiger charge is -2.35. The molecule has 1 aliphatic heterocycles. The van der Waals surface area contributed by atoms with Crippen LogP contribution in [0.3, 0.4) is 0 Å². The number of piperidine rings is 1. The van der Waals surface area contributed by atoms with Crippen LogP contribution in [0.4, 0.5) is 39.5 Å². The van der Waals surface area contributed by atoms with Gasteiger partial charge in [-0.2, -0.15) is 39.5 Å². The van der Waals surface area contributed by atoms with Gasteiger partial charge in [0.15, 0.2) is 5.78 Å². The third kappa shape index (κ3) is 25.5. The summed E-state index contributed by atoms with van der Waals surface area (Å²) in [6, 6.07) is 11.3. The number of hydrogen-bond acceptors (Lipinski definition) is 10. The molecular weight excluding hydrogens is 966 g/mol. The van der Waals surface area contributed by atoms with E-state index in [0.717, 1.165) is 17.5 Å². The lowest BCUT2D eigenvalue weighted by Crippen LogP contribution is -2.60. The average molecular weight is 1020 g/mol. The number of carbonyl (C=O) groups is 7. The second-order valence-corrected chi connectivity index (χ2v) is 15.8. The molecule has 378 valence electrons. The number of amides is 3. The Morgan fingerprint density at radius 3 is 1.69 bits per heavy atom. The minimum atomic E-state index is -5.08. The normalized spacial score (nSPS) is 17.2. The summed E-state index contributed by atoms with van der Waals surface area (Å²) >= 11 is 12.1. The molecule has 0 bridgehead atoms. The molecule has 0 saturated carbocycles. The average Bonchev–Trinajstić information content (AvgIpc) is 3.21. The van der Waals surface area contributed by atoms with E-state index < -0.39 is 84.5 Å². The highest BCUT2D eigenvalue weighted by molar-refractivity contribution is 6.42. The van der Waals surface area contributed by atoms with Gasteiger partial charge in [0.25, 0.3) is 0 Å². The van der Waals surface area contributed by atoms with Crippen LogP contribution in [0, 0.1) is 11.8 Å². The Morgan fingerprint density at radius 2 is 1.24 bits per heavy atom. The molecule has 2 aromatic carbocycles. The van der Waals surface area contributed by atoms with Crippen LogP contribution in [0.15, 0.2) is 48.5 Å². The van der Waals surface area contributed by atoms with Gasteiger partial charge in [0, 0.05) is 12.5 Å². The van der Waals surface area contributed by atoms with Gasteiger partial charge in [-0.1, -0.05) is 93.2 Å². The van der Waals surface area contributed by atoms with E-state index in [1.165, 1.54) is 0 Å². The van der Waals surface area contributed by atoms with Crippen LogP contribution in [-0.2, 0) is 46.5 Å². The second-order valence-electron chi connectivity index (χ2n) is 15.0. The number of carboxylic acid groups (broad SMARTS) is 3. The molecule has 3 rings (SSSR count). The zero-order chi connectivity index (χ0) is 52.0. The number of carbonyl (C=O) groups excluding carboxylic acids is 4. The third-order valence-corrected chi connectivity index (χ3v) is 9.59. The van der Waals surface area contributed by atoms with Gasteiger partial charge in [-0.25, -0.2) is 14.4 Å². The van der Waals surface area contributed by atoms with Crippen LogP contribution in [0.5, 0.6) is 0 Å². The monoisotopic (exact) mass is 1020 g/mol. The van der Waals surface area contributed by atoms with Crippen molar-refractivity contribution in [3.63, 3.8) is 0 Å². The van der Waals surface area contributed by atoms with Crippen LogP contribution in [0.2, 0.25) is 10.0 Å². The predicted molar refractivity (Wildman–Crippen MR) is 223 cm³/mol. The van der Waals surface area contributed by atoms with Crippen molar-refractivity contribution in [2.75, 3.05) is 0 Å². The lowest BCUT2D eigenvalue weighted by molar-refractivity contribution is -0.193. The molecule has 0 aromatic heterocycles. The van der Waals surface area contributed by atoms with Crippen molar-refractivity contribution in [3.8, 4) is 0 Å². The molecule has 0 spiro atoms. The van der Waals surface area contributed by atoms with Gasteiger partial charge >= 0.3 is 36.4 Å². The van der Waals surface area contributed by atoms with Crippen molar-refractivity contribution in [1.82, 2.24) is 21.3 Å². The molecule has 0 aliphatic carbocycles. The zero-order valence-corrected chi connectivity index (χ0v) is 37.3. The van der Waals surface area contributed by atoms with Crippen LogP contribution < -0.4 is 32.7 Å². The summed E-state index contributed by atoms with van der Waals surface area (Å²) in [6.07, 6.45) is -12.6. The molecule has 16 nitrogen and oxygen atoms in total. The number of hydrogen-bond donors (Lipinski definition) is 9. The molecule has 0 radical (unpaired) electrons. The van der Waals surface area contributed by atoms with Gasteiger partial charge in [0.05, 0.1) is 34.3 Å². The van der Waals surface area contributed by atoms with Crippen LogP contribution in [-0.4, -0.2) is 106 Å². The molecule has 11 N–H and O–H groups in total. The molecule has 27 heteroatoms. The summed E-state index contributed by atoms with van der Waals surface area (Å²) in [5.41, 5.74) is 14.2. The highest BCUT2D eigenvalue weighted by Gasteiger charge is 2.40. The minimum Gasteiger partial charge on any atom is -0.475 e. The Balaban J connectivity index is 0.00000171. The molecule has 67 heavy (non-hydrogen) atoms. The number of benzene rings is 2. The van der Waals surface area contributed by atoms with Crippen molar-refractivity contribution < 1.29 is 88.4 Å². The zero-order valence-electron chi connectivity index (χ0n) is 35.8. The highest BCUT2D eigenvalue weighted by atomic mass is 35.5. The lowest BCUT2D eigenvalue weighted by atomic mass is 9.85. The van der Waals surface area contributed by atoms with E-state index in [2.05, 4.69) is 21.3 Å². The maximum absolute atomic E-state index is 13.9. The molecule has 2 unspecified atom stereocenters. The summed E-state index contributed by atoms with van der Waals surface area (Å²) in [7, 11) is 0. The number of halogens is 11. The first kappa shape index (κ1) is 61.8. The number of unbranched alkanes of at least 4 members (excludes halogenated alkanes) is 1. The number of ketones is 1. The number of rotatable bonds is 16. The first-order valence-electron chi connectivity index (χ1n) is 19.8. The minimum absolute atomic E-state index is 0.0902. The van der Waals surface area contributed by atoms with E-state index >= 15 is 0 Å². The van der Waals surface area contributed by atoms with Crippen molar-refractivity contribution in [2.45, 2.75) is 121 Å². The molecule has 2 aromatic rings. The number of nitrogens with one attached hydrogen (secondary N) is 4. The second kappa shape index (κ2) is 28.8.